The molecule has 1 aliphatic heterocycles. The van der Waals surface area contributed by atoms with Gasteiger partial charge in [0.2, 0.25) is 0 Å². The monoisotopic (exact) mass is 489 g/mol. The minimum absolute atomic E-state index is 0.0320. The third-order valence-corrected chi connectivity index (χ3v) is 4.92. The Morgan fingerprint density at radius 2 is 1.94 bits per heavy atom. The van der Waals surface area contributed by atoms with E-state index in [0.29, 0.717) is 19.0 Å². The number of aromatic nitrogens is 1. The molecule has 10 heteroatoms. The van der Waals surface area contributed by atoms with E-state index in [4.69, 9.17) is 23.7 Å². The lowest BCUT2D eigenvalue weighted by atomic mass is 10.2. The second kappa shape index (κ2) is 11.8. The second-order valence-corrected chi connectivity index (χ2v) is 9.79. The van der Waals surface area contributed by atoms with Crippen molar-refractivity contribution < 1.29 is 33.3 Å². The third kappa shape index (κ3) is 9.41. The maximum Gasteiger partial charge on any atom is 0.412 e. The van der Waals surface area contributed by atoms with Gasteiger partial charge in [0.05, 0.1) is 32.4 Å². The van der Waals surface area contributed by atoms with Crippen LogP contribution in [0.2, 0.25) is 0 Å². The molecule has 2 aromatic rings. The highest BCUT2D eigenvalue weighted by Gasteiger charge is 2.32. The van der Waals surface area contributed by atoms with Gasteiger partial charge < -0.3 is 23.7 Å². The Bertz CT molecular complexity index is 1010. The van der Waals surface area contributed by atoms with Gasteiger partial charge in [0.1, 0.15) is 24.1 Å². The summed E-state index contributed by atoms with van der Waals surface area (Å²) >= 11 is 0. The molecule has 1 aliphatic rings. The van der Waals surface area contributed by atoms with Crippen LogP contribution in [0.1, 0.15) is 34.6 Å². The van der Waals surface area contributed by atoms with Gasteiger partial charge in [0.25, 0.3) is 0 Å². The number of pyridine rings is 1. The molecule has 0 saturated carbocycles. The molecule has 35 heavy (non-hydrogen) atoms. The van der Waals surface area contributed by atoms with Crippen LogP contribution in [0, 0.1) is 0 Å². The molecule has 2 atom stereocenters. The van der Waals surface area contributed by atoms with E-state index in [-0.39, 0.29) is 25.9 Å². The van der Waals surface area contributed by atoms with E-state index < -0.39 is 29.5 Å². The van der Waals surface area contributed by atoms with Gasteiger partial charge in [0, 0.05) is 11.6 Å². The average Bonchev–Trinajstić information content (AvgIpc) is 3.12. The summed E-state index contributed by atoms with van der Waals surface area (Å²) in [4.78, 5) is 28.7. The molecule has 2 unspecified atom stereocenters. The summed E-state index contributed by atoms with van der Waals surface area (Å²) in [7, 11) is 0. The van der Waals surface area contributed by atoms with Crippen LogP contribution in [0.5, 0.6) is 0 Å². The Morgan fingerprint density at radius 3 is 2.63 bits per heavy atom. The maximum absolute atomic E-state index is 12.4. The van der Waals surface area contributed by atoms with E-state index in [0.717, 1.165) is 10.8 Å². The van der Waals surface area contributed by atoms with Crippen molar-refractivity contribution in [3.05, 3.63) is 36.5 Å². The van der Waals surface area contributed by atoms with Crippen LogP contribution < -0.4 is 10.6 Å². The van der Waals surface area contributed by atoms with E-state index in [2.05, 4.69) is 15.6 Å². The van der Waals surface area contributed by atoms with Crippen LogP contribution in [0.25, 0.3) is 10.8 Å². The number of hydrogen-bond acceptors (Lipinski definition) is 9. The zero-order valence-electron chi connectivity index (χ0n) is 21.0. The fourth-order valence-corrected chi connectivity index (χ4v) is 3.43. The maximum atomic E-state index is 12.4. The number of anilines is 1. The topological polar surface area (TPSA) is 117 Å². The van der Waals surface area contributed by atoms with Crippen molar-refractivity contribution in [3.63, 3.8) is 0 Å². The van der Waals surface area contributed by atoms with Crippen LogP contribution in [-0.2, 0) is 28.5 Å². The molecule has 0 bridgehead atoms. The largest absolute Gasteiger partial charge is 0.459 e. The number of rotatable bonds is 10. The number of carbonyl (C=O) groups is 2. The van der Waals surface area contributed by atoms with Crippen LogP contribution in [0.15, 0.2) is 36.5 Å². The minimum atomic E-state index is -0.661. The number of hydrogen-bond donors (Lipinski definition) is 2. The van der Waals surface area contributed by atoms with Gasteiger partial charge in [-0.2, -0.15) is 0 Å². The number of ether oxygens (including phenoxy) is 5. The number of benzene rings is 1. The molecule has 1 saturated heterocycles. The van der Waals surface area contributed by atoms with E-state index in [1.807, 2.05) is 38.1 Å². The zero-order valence-corrected chi connectivity index (χ0v) is 21.0. The molecule has 2 N–H and O–H groups in total. The summed E-state index contributed by atoms with van der Waals surface area (Å²) in [6.07, 6.45) is 0.825. The Hall–Kier alpha value is -2.79. The molecule has 0 radical (unpaired) electrons. The highest BCUT2D eigenvalue weighted by Crippen LogP contribution is 2.22. The normalized spacial score (nSPS) is 18.3. The summed E-state index contributed by atoms with van der Waals surface area (Å²) in [6, 6.07) is 9.02. The number of carbonyl (C=O) groups excluding carboxylic acids is 2. The minimum Gasteiger partial charge on any atom is -0.459 e. The van der Waals surface area contributed by atoms with E-state index in [1.54, 1.807) is 33.0 Å². The molecular formula is C25H35N3O7. The fraction of sp³-hybridized carbons (Fsp3) is 0.560. The van der Waals surface area contributed by atoms with Crippen molar-refractivity contribution in [1.29, 1.82) is 0 Å². The molecule has 0 aliphatic carbocycles. The van der Waals surface area contributed by atoms with Gasteiger partial charge in [-0.1, -0.05) is 24.3 Å². The molecule has 3 rings (SSSR count). The van der Waals surface area contributed by atoms with Gasteiger partial charge in [-0.15, -0.1) is 0 Å². The van der Waals surface area contributed by atoms with Gasteiger partial charge in [0.15, 0.2) is 5.79 Å². The average molecular weight is 490 g/mol. The van der Waals surface area contributed by atoms with E-state index in [1.165, 1.54) is 0 Å². The molecule has 2 heterocycles. The molecule has 1 aromatic heterocycles. The number of nitrogens with one attached hydrogen (secondary N) is 2. The highest BCUT2D eigenvalue weighted by atomic mass is 16.7. The van der Waals surface area contributed by atoms with Gasteiger partial charge in [-0.05, 0) is 46.1 Å². The smallest absolute Gasteiger partial charge is 0.412 e. The Labute approximate surface area is 205 Å². The first-order valence-electron chi connectivity index (χ1n) is 11.6. The predicted octanol–water partition coefficient (Wildman–Crippen LogP) is 3.25. The van der Waals surface area contributed by atoms with Crippen LogP contribution in [0.3, 0.4) is 0 Å². The first-order chi connectivity index (χ1) is 16.5. The van der Waals surface area contributed by atoms with Crippen LogP contribution >= 0.6 is 0 Å². The summed E-state index contributed by atoms with van der Waals surface area (Å²) < 4.78 is 27.7. The summed E-state index contributed by atoms with van der Waals surface area (Å²) in [6.45, 7) is 9.91. The van der Waals surface area contributed by atoms with E-state index >= 15 is 0 Å². The lowest BCUT2D eigenvalue weighted by molar-refractivity contribution is -0.154. The summed E-state index contributed by atoms with van der Waals surface area (Å²) in [5, 5.41) is 7.58. The Balaban J connectivity index is 1.50. The number of fused-ring (bicyclic) bond motifs is 1. The van der Waals surface area contributed by atoms with Crippen molar-refractivity contribution >= 4 is 28.7 Å². The second-order valence-electron chi connectivity index (χ2n) is 9.79. The molecule has 192 valence electrons. The molecule has 0 spiro atoms. The SMILES string of the molecule is CC(C)(C)OC(=O)CNC(COCC1COC(C)(C)O1)COC(=O)Nc1cc2ccccc2cn1. The lowest BCUT2D eigenvalue weighted by Crippen LogP contribution is -2.43. The number of amides is 1. The van der Waals surface area contributed by atoms with E-state index in [9.17, 15) is 9.59 Å². The summed E-state index contributed by atoms with van der Waals surface area (Å²) in [5.41, 5.74) is -0.597. The molecule has 1 aromatic carbocycles. The first-order valence-corrected chi connectivity index (χ1v) is 11.6. The van der Waals surface area contributed by atoms with Crippen LogP contribution in [-0.4, -0.2) is 73.6 Å². The number of nitrogens with zero attached hydrogens (tertiary/aromatic N) is 1. The molecule has 1 fully saturated rings. The quantitative estimate of drug-likeness (QED) is 0.485. The van der Waals surface area contributed by atoms with Crippen LogP contribution in [0.4, 0.5) is 10.6 Å². The van der Waals surface area contributed by atoms with Gasteiger partial charge in [-0.25, -0.2) is 9.78 Å². The van der Waals surface area contributed by atoms with Crippen molar-refractivity contribution in [2.24, 2.45) is 0 Å². The van der Waals surface area contributed by atoms with Crippen molar-refractivity contribution in [1.82, 2.24) is 10.3 Å². The predicted molar refractivity (Wildman–Crippen MR) is 130 cm³/mol. The Morgan fingerprint density at radius 1 is 1.20 bits per heavy atom. The van der Waals surface area contributed by atoms with Crippen molar-refractivity contribution in [3.8, 4) is 0 Å². The Kier molecular flexibility index (Phi) is 9.01. The fourth-order valence-electron chi connectivity index (χ4n) is 3.43. The lowest BCUT2D eigenvalue weighted by Gasteiger charge is -2.22. The standard InChI is InChI=1S/C25H35N3O7/c1-24(2,3)35-22(29)12-26-19(13-31-15-20-16-33-25(4,5)34-20)14-32-23(30)28-21-10-17-8-6-7-9-18(17)11-27-21/h6-11,19-20,26H,12-16H2,1-5H3,(H,27,28,30). The molecule has 1 amide bonds. The van der Waals surface area contributed by atoms with Crippen molar-refractivity contribution in [2.45, 2.75) is 58.2 Å². The van der Waals surface area contributed by atoms with Gasteiger partial charge >= 0.3 is 12.1 Å². The highest BCUT2D eigenvalue weighted by molar-refractivity contribution is 5.89. The molecule has 10 nitrogen and oxygen atoms in total. The molecular weight excluding hydrogens is 454 g/mol. The van der Waals surface area contributed by atoms with Crippen molar-refractivity contribution in [2.75, 3.05) is 38.3 Å². The van der Waals surface area contributed by atoms with Gasteiger partial charge in [-0.3, -0.25) is 15.4 Å². The number of esters is 1. The zero-order chi connectivity index (χ0) is 25.5. The third-order valence-electron chi connectivity index (χ3n) is 4.92. The summed E-state index contributed by atoms with van der Waals surface area (Å²) in [5.74, 6) is -0.675. The first kappa shape index (κ1) is 26.8.